The first-order valence-corrected chi connectivity index (χ1v) is 6.55. The van der Waals surface area contributed by atoms with Gasteiger partial charge in [0.1, 0.15) is 5.82 Å². The molecule has 0 fully saturated rings. The molecule has 0 saturated carbocycles. The van der Waals surface area contributed by atoms with Crippen LogP contribution in [0.4, 0.5) is 4.39 Å². The van der Waals surface area contributed by atoms with E-state index in [-0.39, 0.29) is 5.56 Å². The number of hydrogen-bond donors (Lipinski definition) is 1. The van der Waals surface area contributed by atoms with Crippen LogP contribution < -0.4 is 0 Å². The van der Waals surface area contributed by atoms with Crippen molar-refractivity contribution in [2.24, 2.45) is 0 Å². The lowest BCUT2D eigenvalue weighted by molar-refractivity contribution is 0.173. The van der Waals surface area contributed by atoms with Gasteiger partial charge in [0.05, 0.1) is 6.10 Å². The smallest absolute Gasteiger partial charge is 0.129 e. The summed E-state index contributed by atoms with van der Waals surface area (Å²) in [6, 6.07) is 10.2. The molecule has 1 atom stereocenters. The average Bonchev–Trinajstić information content (AvgIpc) is 2.37. The Morgan fingerprint density at radius 1 is 1.16 bits per heavy atom. The van der Waals surface area contributed by atoms with Crippen molar-refractivity contribution in [3.63, 3.8) is 0 Å². The van der Waals surface area contributed by atoms with Crippen LogP contribution in [0.1, 0.15) is 28.4 Å². The van der Waals surface area contributed by atoms with Crippen LogP contribution in [0.3, 0.4) is 0 Å². The monoisotopic (exact) mass is 278 g/mol. The first-order valence-electron chi connectivity index (χ1n) is 6.17. The SMILES string of the molecule is Cc1cccc(C)c1CC(O)c1cc(Cl)ccc1F. The van der Waals surface area contributed by atoms with E-state index in [2.05, 4.69) is 0 Å². The van der Waals surface area contributed by atoms with Gasteiger partial charge in [-0.15, -0.1) is 0 Å². The molecular formula is C16H16ClFO. The highest BCUT2D eigenvalue weighted by Crippen LogP contribution is 2.26. The van der Waals surface area contributed by atoms with Gasteiger partial charge in [0, 0.05) is 17.0 Å². The van der Waals surface area contributed by atoms with E-state index in [4.69, 9.17) is 11.6 Å². The van der Waals surface area contributed by atoms with Crippen LogP contribution in [0.5, 0.6) is 0 Å². The Labute approximate surface area is 117 Å². The standard InChI is InChI=1S/C16H16ClFO/c1-10-4-3-5-11(2)13(10)9-16(19)14-8-12(17)6-7-15(14)18/h3-8,16,19H,9H2,1-2H3. The zero-order valence-electron chi connectivity index (χ0n) is 11.0. The highest BCUT2D eigenvalue weighted by atomic mass is 35.5. The molecule has 2 aromatic carbocycles. The molecule has 2 aromatic rings. The van der Waals surface area contributed by atoms with Crippen LogP contribution in [-0.2, 0) is 6.42 Å². The molecule has 0 saturated heterocycles. The summed E-state index contributed by atoms with van der Waals surface area (Å²) >= 11 is 5.85. The lowest BCUT2D eigenvalue weighted by Crippen LogP contribution is -2.07. The fraction of sp³-hybridized carbons (Fsp3) is 0.250. The maximum atomic E-state index is 13.7. The second-order valence-electron chi connectivity index (χ2n) is 4.76. The summed E-state index contributed by atoms with van der Waals surface area (Å²) in [4.78, 5) is 0. The average molecular weight is 279 g/mol. The summed E-state index contributed by atoms with van der Waals surface area (Å²) in [6.07, 6.45) is -0.506. The minimum atomic E-state index is -0.890. The van der Waals surface area contributed by atoms with Gasteiger partial charge in [-0.3, -0.25) is 0 Å². The molecule has 0 bridgehead atoms. The van der Waals surface area contributed by atoms with Gasteiger partial charge in [-0.1, -0.05) is 29.8 Å². The Morgan fingerprint density at radius 3 is 2.42 bits per heavy atom. The molecule has 0 aliphatic carbocycles. The number of hydrogen-bond acceptors (Lipinski definition) is 1. The van der Waals surface area contributed by atoms with Gasteiger partial charge in [0.2, 0.25) is 0 Å². The normalized spacial score (nSPS) is 12.5. The quantitative estimate of drug-likeness (QED) is 0.884. The molecule has 19 heavy (non-hydrogen) atoms. The Morgan fingerprint density at radius 2 is 1.79 bits per heavy atom. The van der Waals surface area contributed by atoms with Crippen molar-refractivity contribution in [2.45, 2.75) is 26.4 Å². The van der Waals surface area contributed by atoms with Gasteiger partial charge in [-0.2, -0.15) is 0 Å². The molecule has 2 rings (SSSR count). The minimum Gasteiger partial charge on any atom is -0.388 e. The molecule has 1 nitrogen and oxygen atoms in total. The predicted octanol–water partition coefficient (Wildman–Crippen LogP) is 4.37. The van der Waals surface area contributed by atoms with Gasteiger partial charge in [0.15, 0.2) is 0 Å². The predicted molar refractivity (Wildman–Crippen MR) is 76.0 cm³/mol. The van der Waals surface area contributed by atoms with Crippen LogP contribution in [-0.4, -0.2) is 5.11 Å². The molecule has 3 heteroatoms. The molecular weight excluding hydrogens is 263 g/mol. The molecule has 0 aliphatic heterocycles. The third-order valence-electron chi connectivity index (χ3n) is 3.36. The Bertz CT molecular complexity index is 575. The summed E-state index contributed by atoms with van der Waals surface area (Å²) in [7, 11) is 0. The Balaban J connectivity index is 2.31. The molecule has 0 aromatic heterocycles. The summed E-state index contributed by atoms with van der Waals surface area (Å²) in [5, 5.41) is 10.7. The number of aryl methyl sites for hydroxylation is 2. The van der Waals surface area contributed by atoms with E-state index >= 15 is 0 Å². The Hall–Kier alpha value is -1.38. The van der Waals surface area contributed by atoms with Crippen molar-refractivity contribution in [1.82, 2.24) is 0 Å². The Kier molecular flexibility index (Phi) is 4.23. The minimum absolute atomic E-state index is 0.246. The maximum Gasteiger partial charge on any atom is 0.129 e. The zero-order chi connectivity index (χ0) is 14.0. The summed E-state index contributed by atoms with van der Waals surface area (Å²) in [6.45, 7) is 3.98. The number of benzene rings is 2. The molecule has 100 valence electrons. The zero-order valence-corrected chi connectivity index (χ0v) is 11.7. The van der Waals surface area contributed by atoms with Crippen LogP contribution in [0.15, 0.2) is 36.4 Å². The van der Waals surface area contributed by atoms with Gasteiger partial charge in [0.25, 0.3) is 0 Å². The number of aliphatic hydroxyl groups is 1. The van der Waals surface area contributed by atoms with E-state index < -0.39 is 11.9 Å². The highest BCUT2D eigenvalue weighted by Gasteiger charge is 2.16. The molecule has 0 spiro atoms. The molecule has 1 unspecified atom stereocenters. The second kappa shape index (κ2) is 5.72. The van der Waals surface area contributed by atoms with Crippen molar-refractivity contribution in [3.05, 3.63) is 69.5 Å². The number of aliphatic hydroxyl groups excluding tert-OH is 1. The van der Waals surface area contributed by atoms with Crippen LogP contribution in [0.2, 0.25) is 5.02 Å². The fourth-order valence-electron chi connectivity index (χ4n) is 2.24. The summed E-state index contributed by atoms with van der Waals surface area (Å²) in [5.41, 5.74) is 3.49. The van der Waals surface area contributed by atoms with Crippen molar-refractivity contribution < 1.29 is 9.50 Å². The molecule has 0 amide bonds. The third kappa shape index (κ3) is 3.14. The lowest BCUT2D eigenvalue weighted by atomic mass is 9.94. The topological polar surface area (TPSA) is 20.2 Å². The van der Waals surface area contributed by atoms with Gasteiger partial charge >= 0.3 is 0 Å². The van der Waals surface area contributed by atoms with Crippen molar-refractivity contribution in [1.29, 1.82) is 0 Å². The summed E-state index contributed by atoms with van der Waals surface area (Å²) < 4.78 is 13.7. The van der Waals surface area contributed by atoms with E-state index in [0.717, 1.165) is 16.7 Å². The van der Waals surface area contributed by atoms with Gasteiger partial charge in [-0.25, -0.2) is 4.39 Å². The first kappa shape index (κ1) is 14.0. The van der Waals surface area contributed by atoms with Crippen molar-refractivity contribution in [3.8, 4) is 0 Å². The van der Waals surface area contributed by atoms with Gasteiger partial charge in [-0.05, 0) is 48.7 Å². The first-order chi connectivity index (χ1) is 8.99. The van der Waals surface area contributed by atoms with E-state index in [1.54, 1.807) is 0 Å². The summed E-state index contributed by atoms with van der Waals surface area (Å²) in [5.74, 6) is -0.428. The molecule has 0 heterocycles. The van der Waals surface area contributed by atoms with Crippen LogP contribution in [0.25, 0.3) is 0 Å². The van der Waals surface area contributed by atoms with Crippen molar-refractivity contribution in [2.75, 3.05) is 0 Å². The molecule has 0 radical (unpaired) electrons. The highest BCUT2D eigenvalue weighted by molar-refractivity contribution is 6.30. The van der Waals surface area contributed by atoms with E-state index in [0.29, 0.717) is 11.4 Å². The van der Waals surface area contributed by atoms with Crippen LogP contribution >= 0.6 is 11.6 Å². The molecule has 1 N–H and O–H groups in total. The maximum absolute atomic E-state index is 13.7. The lowest BCUT2D eigenvalue weighted by Gasteiger charge is -2.16. The number of halogens is 2. The largest absolute Gasteiger partial charge is 0.388 e. The molecule has 0 aliphatic rings. The van der Waals surface area contributed by atoms with Gasteiger partial charge < -0.3 is 5.11 Å². The fourth-order valence-corrected chi connectivity index (χ4v) is 2.42. The van der Waals surface area contributed by atoms with Crippen LogP contribution in [0, 0.1) is 19.7 Å². The van der Waals surface area contributed by atoms with E-state index in [9.17, 15) is 9.50 Å². The number of rotatable bonds is 3. The van der Waals surface area contributed by atoms with E-state index in [1.807, 2.05) is 32.0 Å². The second-order valence-corrected chi connectivity index (χ2v) is 5.19. The third-order valence-corrected chi connectivity index (χ3v) is 3.59. The van der Waals surface area contributed by atoms with Crippen molar-refractivity contribution >= 4 is 11.6 Å². The van der Waals surface area contributed by atoms with E-state index in [1.165, 1.54) is 18.2 Å².